The second kappa shape index (κ2) is 7.99. The smallest absolute Gasteiger partial charge is 0.307 e. The first kappa shape index (κ1) is 16.6. The molecule has 0 aliphatic heterocycles. The zero-order chi connectivity index (χ0) is 15.9. The Morgan fingerprint density at radius 1 is 1.41 bits per heavy atom. The number of esters is 1. The van der Waals surface area contributed by atoms with E-state index in [1.54, 1.807) is 13.0 Å². The number of benzene rings is 1. The third-order valence-corrected chi connectivity index (χ3v) is 4.00. The molecule has 0 aromatic heterocycles. The third-order valence-electron chi connectivity index (χ3n) is 3.63. The first-order valence-electron chi connectivity index (χ1n) is 7.43. The highest BCUT2D eigenvalue weighted by atomic mass is 35.5. The molecule has 0 fully saturated rings. The molecule has 0 saturated carbocycles. The third kappa shape index (κ3) is 4.88. The van der Waals surface area contributed by atoms with Crippen LogP contribution in [0.3, 0.4) is 0 Å². The number of carbonyl (C=O) groups is 2. The molecule has 22 heavy (non-hydrogen) atoms. The van der Waals surface area contributed by atoms with Gasteiger partial charge in [0.25, 0.3) is 5.91 Å². The predicted molar refractivity (Wildman–Crippen MR) is 85.3 cm³/mol. The quantitative estimate of drug-likeness (QED) is 0.646. The molecule has 1 amide bonds. The maximum absolute atomic E-state index is 12.0. The van der Waals surface area contributed by atoms with E-state index in [9.17, 15) is 9.59 Å². The maximum Gasteiger partial charge on any atom is 0.307 e. The molecule has 0 heterocycles. The van der Waals surface area contributed by atoms with Gasteiger partial charge in [0.05, 0.1) is 6.42 Å². The highest BCUT2D eigenvalue weighted by Crippen LogP contribution is 2.21. The van der Waals surface area contributed by atoms with Crippen molar-refractivity contribution < 1.29 is 14.3 Å². The molecule has 5 heteroatoms. The van der Waals surface area contributed by atoms with Crippen LogP contribution >= 0.6 is 11.6 Å². The van der Waals surface area contributed by atoms with Gasteiger partial charge in [0.2, 0.25) is 0 Å². The lowest BCUT2D eigenvalue weighted by Crippen LogP contribution is -2.35. The Kier molecular flexibility index (Phi) is 6.01. The second-order valence-corrected chi connectivity index (χ2v) is 5.82. The molecule has 0 bridgehead atoms. The lowest BCUT2D eigenvalue weighted by atomic mass is 10.1. The fourth-order valence-electron chi connectivity index (χ4n) is 2.35. The summed E-state index contributed by atoms with van der Waals surface area (Å²) in [7, 11) is 0. The summed E-state index contributed by atoms with van der Waals surface area (Å²) in [6, 6.07) is 7.29. The summed E-state index contributed by atoms with van der Waals surface area (Å²) in [6.45, 7) is 1.89. The summed E-state index contributed by atoms with van der Waals surface area (Å²) in [5, 5.41) is 3.32. The van der Waals surface area contributed by atoms with Crippen molar-refractivity contribution in [3.63, 3.8) is 0 Å². The molecule has 2 atom stereocenters. The summed E-state index contributed by atoms with van der Waals surface area (Å²) < 4.78 is 5.17. The van der Waals surface area contributed by atoms with Gasteiger partial charge in [-0.2, -0.15) is 0 Å². The number of ether oxygens (including phenoxy) is 1. The average Bonchev–Trinajstić information content (AvgIpc) is 2.98. The van der Waals surface area contributed by atoms with Gasteiger partial charge >= 0.3 is 5.97 Å². The van der Waals surface area contributed by atoms with Crippen LogP contribution in [0, 0.1) is 5.92 Å². The van der Waals surface area contributed by atoms with Gasteiger partial charge < -0.3 is 10.1 Å². The van der Waals surface area contributed by atoms with Crippen molar-refractivity contribution in [2.45, 2.75) is 38.8 Å². The minimum atomic E-state index is -0.805. The van der Waals surface area contributed by atoms with E-state index in [2.05, 4.69) is 11.4 Å². The molecule has 1 aromatic carbocycles. The predicted octanol–water partition coefficient (Wildman–Crippen LogP) is 3.24. The first-order valence-corrected chi connectivity index (χ1v) is 7.81. The molecule has 0 spiro atoms. The van der Waals surface area contributed by atoms with Crippen LogP contribution < -0.4 is 5.32 Å². The highest BCUT2D eigenvalue weighted by Gasteiger charge is 2.20. The first-order chi connectivity index (χ1) is 10.6. The molecule has 4 nitrogen and oxygen atoms in total. The zero-order valence-corrected chi connectivity index (χ0v) is 13.3. The van der Waals surface area contributed by atoms with Crippen LogP contribution in [0.2, 0.25) is 5.02 Å². The van der Waals surface area contributed by atoms with Gasteiger partial charge in [-0.1, -0.05) is 42.0 Å². The molecule has 1 aliphatic carbocycles. The Morgan fingerprint density at radius 3 is 2.86 bits per heavy atom. The van der Waals surface area contributed by atoms with Crippen LogP contribution in [0.15, 0.2) is 36.4 Å². The van der Waals surface area contributed by atoms with E-state index < -0.39 is 6.10 Å². The molecule has 0 unspecified atom stereocenters. The molecular formula is C17H20ClNO3. The minimum Gasteiger partial charge on any atom is -0.453 e. The Hall–Kier alpha value is -1.81. The Labute approximate surface area is 135 Å². The lowest BCUT2D eigenvalue weighted by Gasteiger charge is -2.15. The van der Waals surface area contributed by atoms with Gasteiger partial charge in [0.15, 0.2) is 6.10 Å². The van der Waals surface area contributed by atoms with Crippen LogP contribution in [-0.2, 0) is 20.9 Å². The van der Waals surface area contributed by atoms with Crippen molar-refractivity contribution in [3.8, 4) is 0 Å². The van der Waals surface area contributed by atoms with E-state index in [0.29, 0.717) is 18.0 Å². The van der Waals surface area contributed by atoms with E-state index in [0.717, 1.165) is 18.4 Å². The fourth-order valence-corrected chi connectivity index (χ4v) is 2.55. The van der Waals surface area contributed by atoms with Crippen molar-refractivity contribution in [2.75, 3.05) is 0 Å². The normalized spacial score (nSPS) is 18.0. The van der Waals surface area contributed by atoms with Gasteiger partial charge in [-0.15, -0.1) is 0 Å². The monoisotopic (exact) mass is 321 g/mol. The molecule has 1 N–H and O–H groups in total. The van der Waals surface area contributed by atoms with Gasteiger partial charge in [0.1, 0.15) is 0 Å². The van der Waals surface area contributed by atoms with Crippen molar-refractivity contribution in [2.24, 2.45) is 5.92 Å². The van der Waals surface area contributed by atoms with Crippen LogP contribution in [-0.4, -0.2) is 18.0 Å². The number of carbonyl (C=O) groups excluding carboxylic acids is 2. The number of hydrogen-bond donors (Lipinski definition) is 1. The number of amides is 1. The number of halogens is 1. The topological polar surface area (TPSA) is 55.4 Å². The Morgan fingerprint density at radius 2 is 2.18 bits per heavy atom. The minimum absolute atomic E-state index is 0.242. The van der Waals surface area contributed by atoms with Gasteiger partial charge in [0, 0.05) is 11.6 Å². The molecule has 1 aromatic rings. The molecule has 2 rings (SSSR count). The van der Waals surface area contributed by atoms with E-state index in [1.165, 1.54) is 0 Å². The Bertz CT molecular complexity index is 571. The zero-order valence-electron chi connectivity index (χ0n) is 12.5. The number of hydrogen-bond acceptors (Lipinski definition) is 3. The summed E-state index contributed by atoms with van der Waals surface area (Å²) in [5.41, 5.74) is 0.826. The summed E-state index contributed by atoms with van der Waals surface area (Å²) in [4.78, 5) is 23.7. The lowest BCUT2D eigenvalue weighted by molar-refractivity contribution is -0.155. The van der Waals surface area contributed by atoms with Gasteiger partial charge in [-0.05, 0) is 37.3 Å². The second-order valence-electron chi connectivity index (χ2n) is 5.41. The van der Waals surface area contributed by atoms with Crippen molar-refractivity contribution in [3.05, 3.63) is 47.0 Å². The largest absolute Gasteiger partial charge is 0.453 e. The van der Waals surface area contributed by atoms with Crippen molar-refractivity contribution in [1.29, 1.82) is 0 Å². The van der Waals surface area contributed by atoms with Crippen LogP contribution in [0.1, 0.15) is 31.7 Å². The van der Waals surface area contributed by atoms with Crippen LogP contribution in [0.5, 0.6) is 0 Å². The number of rotatable bonds is 6. The molecule has 1 aliphatic rings. The molecule has 0 radical (unpaired) electrons. The molecular weight excluding hydrogens is 302 g/mol. The maximum atomic E-state index is 12.0. The van der Waals surface area contributed by atoms with Gasteiger partial charge in [-0.25, -0.2) is 0 Å². The molecule has 118 valence electrons. The highest BCUT2D eigenvalue weighted by molar-refractivity contribution is 6.31. The van der Waals surface area contributed by atoms with Crippen LogP contribution in [0.4, 0.5) is 0 Å². The van der Waals surface area contributed by atoms with Crippen molar-refractivity contribution in [1.82, 2.24) is 5.32 Å². The number of allylic oxidation sites excluding steroid dienone is 2. The van der Waals surface area contributed by atoms with Crippen LogP contribution in [0.25, 0.3) is 0 Å². The van der Waals surface area contributed by atoms with E-state index in [1.807, 2.05) is 24.3 Å². The van der Waals surface area contributed by atoms with Crippen molar-refractivity contribution >= 4 is 23.5 Å². The fraction of sp³-hybridized carbons (Fsp3) is 0.412. The standard InChI is InChI=1S/C17H20ClNO3/c1-12(22-16(20)10-13-6-2-3-7-13)17(21)19-11-14-8-4-5-9-15(14)18/h2,4-6,8-9,12-13H,3,7,10-11H2,1H3,(H,19,21)/t12-,13-/m0/s1. The van der Waals surface area contributed by atoms with E-state index in [-0.39, 0.29) is 17.8 Å². The van der Waals surface area contributed by atoms with E-state index in [4.69, 9.17) is 16.3 Å². The Balaban J connectivity index is 1.75. The van der Waals surface area contributed by atoms with Gasteiger partial charge in [-0.3, -0.25) is 9.59 Å². The SMILES string of the molecule is C[C@H](OC(=O)C[C@H]1C=CCC1)C(=O)NCc1ccccc1Cl. The summed E-state index contributed by atoms with van der Waals surface area (Å²) >= 11 is 6.02. The average molecular weight is 322 g/mol. The molecule has 0 saturated heterocycles. The number of nitrogens with one attached hydrogen (secondary N) is 1. The van der Waals surface area contributed by atoms with E-state index >= 15 is 0 Å². The summed E-state index contributed by atoms with van der Waals surface area (Å²) in [6.07, 6.45) is 5.61. The summed E-state index contributed by atoms with van der Waals surface area (Å²) in [5.74, 6) is -0.418.